The summed E-state index contributed by atoms with van der Waals surface area (Å²) < 4.78 is 17.1. The summed E-state index contributed by atoms with van der Waals surface area (Å²) in [5.74, 6) is 1.90. The molecule has 0 spiro atoms. The second-order valence-electron chi connectivity index (χ2n) is 5.27. The van der Waals surface area contributed by atoms with Crippen LogP contribution in [0.25, 0.3) is 6.08 Å². The minimum Gasteiger partial charge on any atom is -0.493 e. The van der Waals surface area contributed by atoms with Gasteiger partial charge < -0.3 is 19.5 Å². The zero-order valence-electron chi connectivity index (χ0n) is 14.1. The molecule has 0 bridgehead atoms. The van der Waals surface area contributed by atoms with Gasteiger partial charge in [0.05, 0.1) is 12.0 Å². The minimum atomic E-state index is -0.170. The van der Waals surface area contributed by atoms with Gasteiger partial charge in [-0.3, -0.25) is 4.79 Å². The van der Waals surface area contributed by atoms with Crippen molar-refractivity contribution in [3.05, 3.63) is 59.0 Å². The summed E-state index contributed by atoms with van der Waals surface area (Å²) in [5, 5.41) is 2.60. The Balaban J connectivity index is 1.55. The topological polar surface area (TPSA) is 56.8 Å². The average molecular weight is 387 g/mol. The molecule has 0 radical (unpaired) electrons. The Bertz CT molecular complexity index is 851. The van der Waals surface area contributed by atoms with Gasteiger partial charge in [-0.15, -0.1) is 0 Å². The normalized spacial score (nSPS) is 15.0. The van der Waals surface area contributed by atoms with Crippen LogP contribution in [0.1, 0.15) is 5.56 Å². The first-order valence-electron chi connectivity index (χ1n) is 7.89. The van der Waals surface area contributed by atoms with Gasteiger partial charge in [-0.25, -0.2) is 0 Å². The molecule has 0 atom stereocenters. The average Bonchev–Trinajstić information content (AvgIpc) is 2.96. The first-order chi connectivity index (χ1) is 12.7. The highest BCUT2D eigenvalue weighted by Crippen LogP contribution is 2.27. The molecule has 5 nitrogen and oxygen atoms in total. The Morgan fingerprint density at radius 1 is 1.08 bits per heavy atom. The highest BCUT2D eigenvalue weighted by Gasteiger charge is 2.21. The minimum absolute atomic E-state index is 0.170. The quantitative estimate of drug-likeness (QED) is 0.445. The van der Waals surface area contributed by atoms with Crippen molar-refractivity contribution in [2.45, 2.75) is 0 Å². The molecular formula is C19H17NO4S2. The van der Waals surface area contributed by atoms with Crippen LogP contribution in [0.5, 0.6) is 17.2 Å². The van der Waals surface area contributed by atoms with Crippen LogP contribution in [0.15, 0.2) is 53.4 Å². The molecule has 1 amide bonds. The zero-order valence-corrected chi connectivity index (χ0v) is 15.7. The lowest BCUT2D eigenvalue weighted by molar-refractivity contribution is -0.115. The van der Waals surface area contributed by atoms with Gasteiger partial charge >= 0.3 is 0 Å². The smallest absolute Gasteiger partial charge is 0.263 e. The maximum absolute atomic E-state index is 11.7. The molecule has 3 rings (SSSR count). The SMILES string of the molecule is COc1ccccc1OCCOc1cccc(C=C2SC(=S)NC2=O)c1. The Labute approximate surface area is 161 Å². The van der Waals surface area contributed by atoms with E-state index in [1.54, 1.807) is 13.2 Å². The van der Waals surface area contributed by atoms with Crippen LogP contribution in [0.3, 0.4) is 0 Å². The number of carbonyl (C=O) groups excluding carboxylic acids is 1. The third-order valence-electron chi connectivity index (χ3n) is 3.48. The van der Waals surface area contributed by atoms with Gasteiger partial charge in [0.25, 0.3) is 5.91 Å². The Morgan fingerprint density at radius 2 is 1.85 bits per heavy atom. The van der Waals surface area contributed by atoms with Crippen LogP contribution in [0.2, 0.25) is 0 Å². The van der Waals surface area contributed by atoms with E-state index in [0.717, 1.165) is 5.56 Å². The van der Waals surface area contributed by atoms with Crippen LogP contribution in [0, 0.1) is 0 Å². The van der Waals surface area contributed by atoms with Gasteiger partial charge in [0.2, 0.25) is 0 Å². The third-order valence-corrected chi connectivity index (χ3v) is 4.64. The summed E-state index contributed by atoms with van der Waals surface area (Å²) in [6, 6.07) is 15.0. The molecular weight excluding hydrogens is 370 g/mol. The summed E-state index contributed by atoms with van der Waals surface area (Å²) in [7, 11) is 1.61. The second-order valence-corrected chi connectivity index (χ2v) is 6.99. The lowest BCUT2D eigenvalue weighted by Crippen LogP contribution is -2.17. The van der Waals surface area contributed by atoms with Crippen molar-refractivity contribution >= 4 is 40.3 Å². The van der Waals surface area contributed by atoms with Crippen LogP contribution in [-0.2, 0) is 4.79 Å². The molecule has 26 heavy (non-hydrogen) atoms. The van der Waals surface area contributed by atoms with Crippen molar-refractivity contribution in [2.75, 3.05) is 20.3 Å². The number of para-hydroxylation sites is 2. The largest absolute Gasteiger partial charge is 0.493 e. The van der Waals surface area contributed by atoms with Crippen molar-refractivity contribution in [2.24, 2.45) is 0 Å². The Morgan fingerprint density at radius 3 is 2.58 bits per heavy atom. The lowest BCUT2D eigenvalue weighted by Gasteiger charge is -2.11. The predicted octanol–water partition coefficient (Wildman–Crippen LogP) is 3.64. The van der Waals surface area contributed by atoms with E-state index in [2.05, 4.69) is 5.32 Å². The van der Waals surface area contributed by atoms with Crippen LogP contribution in [-0.4, -0.2) is 30.6 Å². The number of thioether (sulfide) groups is 1. The molecule has 7 heteroatoms. The summed E-state index contributed by atoms with van der Waals surface area (Å²) >= 11 is 6.24. The van der Waals surface area contributed by atoms with Crippen LogP contribution < -0.4 is 19.5 Å². The standard InChI is InChI=1S/C19H17NO4S2/c1-22-15-7-2-3-8-16(15)24-10-9-23-14-6-4-5-13(11-14)12-17-18(21)20-19(25)26-17/h2-8,11-12H,9-10H2,1H3,(H,20,21,25). The van der Waals surface area contributed by atoms with Crippen LogP contribution >= 0.6 is 24.0 Å². The van der Waals surface area contributed by atoms with Crippen molar-refractivity contribution in [1.82, 2.24) is 5.32 Å². The second kappa shape index (κ2) is 8.73. The first-order valence-corrected chi connectivity index (χ1v) is 9.12. The zero-order chi connectivity index (χ0) is 18.4. The number of carbonyl (C=O) groups is 1. The van der Waals surface area contributed by atoms with Gasteiger partial charge in [0, 0.05) is 0 Å². The number of hydrogen-bond acceptors (Lipinski definition) is 6. The van der Waals surface area contributed by atoms with E-state index in [0.29, 0.717) is 39.7 Å². The summed E-state index contributed by atoms with van der Waals surface area (Å²) in [6.45, 7) is 0.773. The number of rotatable bonds is 7. The summed E-state index contributed by atoms with van der Waals surface area (Å²) in [4.78, 5) is 12.3. The molecule has 0 saturated carbocycles. The predicted molar refractivity (Wildman–Crippen MR) is 107 cm³/mol. The number of thiocarbonyl (C=S) groups is 1. The third kappa shape index (κ3) is 4.77. The van der Waals surface area contributed by atoms with E-state index in [1.807, 2.05) is 48.5 Å². The maximum atomic E-state index is 11.7. The van der Waals surface area contributed by atoms with Crippen molar-refractivity contribution in [3.8, 4) is 17.2 Å². The molecule has 134 valence electrons. The highest BCUT2D eigenvalue weighted by atomic mass is 32.2. The summed E-state index contributed by atoms with van der Waals surface area (Å²) in [5.41, 5.74) is 0.871. The van der Waals surface area contributed by atoms with Crippen molar-refractivity contribution in [1.29, 1.82) is 0 Å². The Kier molecular flexibility index (Phi) is 6.14. The fourth-order valence-corrected chi connectivity index (χ4v) is 3.36. The molecule has 1 saturated heterocycles. The van der Waals surface area contributed by atoms with Crippen molar-refractivity contribution < 1.29 is 19.0 Å². The summed E-state index contributed by atoms with van der Waals surface area (Å²) in [6.07, 6.45) is 1.79. The van der Waals surface area contributed by atoms with E-state index in [-0.39, 0.29) is 5.91 Å². The van der Waals surface area contributed by atoms with E-state index < -0.39 is 0 Å². The molecule has 1 fully saturated rings. The molecule has 2 aromatic rings. The highest BCUT2D eigenvalue weighted by molar-refractivity contribution is 8.26. The lowest BCUT2D eigenvalue weighted by atomic mass is 10.2. The van der Waals surface area contributed by atoms with E-state index >= 15 is 0 Å². The number of ether oxygens (including phenoxy) is 3. The molecule has 1 heterocycles. The van der Waals surface area contributed by atoms with Crippen LogP contribution in [0.4, 0.5) is 0 Å². The van der Waals surface area contributed by atoms with E-state index in [4.69, 9.17) is 26.4 Å². The van der Waals surface area contributed by atoms with Gasteiger partial charge in [-0.1, -0.05) is 48.2 Å². The molecule has 1 N–H and O–H groups in total. The molecule has 1 aliphatic heterocycles. The number of hydrogen-bond donors (Lipinski definition) is 1. The molecule has 0 aliphatic carbocycles. The molecule has 2 aromatic carbocycles. The maximum Gasteiger partial charge on any atom is 0.263 e. The monoisotopic (exact) mass is 387 g/mol. The fourth-order valence-electron chi connectivity index (χ4n) is 2.32. The number of nitrogens with one attached hydrogen (secondary N) is 1. The Hall–Kier alpha value is -2.51. The molecule has 0 aromatic heterocycles. The van der Waals surface area contributed by atoms with Crippen molar-refractivity contribution in [3.63, 3.8) is 0 Å². The van der Waals surface area contributed by atoms with Gasteiger partial charge in [0.1, 0.15) is 23.3 Å². The van der Waals surface area contributed by atoms with Gasteiger partial charge in [0.15, 0.2) is 11.5 Å². The van der Waals surface area contributed by atoms with Gasteiger partial charge in [-0.05, 0) is 35.9 Å². The molecule has 1 aliphatic rings. The van der Waals surface area contributed by atoms with E-state index in [1.165, 1.54) is 11.8 Å². The number of benzene rings is 2. The first kappa shape index (κ1) is 18.3. The number of amides is 1. The van der Waals surface area contributed by atoms with E-state index in [9.17, 15) is 4.79 Å². The fraction of sp³-hybridized carbons (Fsp3) is 0.158. The van der Waals surface area contributed by atoms with Gasteiger partial charge in [-0.2, -0.15) is 0 Å². The number of methoxy groups -OCH3 is 1. The molecule has 0 unspecified atom stereocenters.